The third-order valence-electron chi connectivity index (χ3n) is 5.06. The predicted molar refractivity (Wildman–Crippen MR) is 115 cm³/mol. The molecule has 2 N–H and O–H groups in total. The highest BCUT2D eigenvalue weighted by molar-refractivity contribution is 5.79. The van der Waals surface area contributed by atoms with Crippen LogP contribution in [0.15, 0.2) is 4.99 Å². The summed E-state index contributed by atoms with van der Waals surface area (Å²) in [4.78, 5) is 20.6. The Labute approximate surface area is 174 Å². The van der Waals surface area contributed by atoms with Gasteiger partial charge in [-0.25, -0.2) is 4.79 Å². The van der Waals surface area contributed by atoms with Crippen LogP contribution in [-0.2, 0) is 18.3 Å². The predicted octanol–water partition coefficient (Wildman–Crippen LogP) is 1.25. The summed E-state index contributed by atoms with van der Waals surface area (Å²) in [6.45, 7) is 15.2. The number of aromatic nitrogens is 2. The van der Waals surface area contributed by atoms with E-state index >= 15 is 0 Å². The number of nitrogens with one attached hydrogen (secondary N) is 2. The van der Waals surface area contributed by atoms with Gasteiger partial charge in [-0.05, 0) is 34.6 Å². The van der Waals surface area contributed by atoms with Crippen molar-refractivity contribution >= 4 is 12.1 Å². The lowest BCUT2D eigenvalue weighted by Crippen LogP contribution is -2.51. The Morgan fingerprint density at radius 2 is 1.83 bits per heavy atom. The molecule has 1 aliphatic rings. The highest BCUT2D eigenvalue weighted by atomic mass is 16.6. The van der Waals surface area contributed by atoms with E-state index < -0.39 is 5.60 Å². The maximum atomic E-state index is 12.1. The summed E-state index contributed by atoms with van der Waals surface area (Å²) in [6, 6.07) is 0. The van der Waals surface area contributed by atoms with E-state index in [0.717, 1.165) is 43.5 Å². The van der Waals surface area contributed by atoms with Gasteiger partial charge in [-0.2, -0.15) is 5.10 Å². The van der Waals surface area contributed by atoms with Crippen molar-refractivity contribution in [3.8, 4) is 0 Å². The Bertz CT molecular complexity index is 713. The number of amides is 1. The largest absolute Gasteiger partial charge is 0.444 e. The number of ether oxygens (including phenoxy) is 1. The molecular weight excluding hydrogens is 370 g/mol. The molecule has 1 aromatic rings. The molecule has 0 bridgehead atoms. The smallest absolute Gasteiger partial charge is 0.410 e. The van der Waals surface area contributed by atoms with Crippen molar-refractivity contribution < 1.29 is 9.53 Å². The molecule has 164 valence electrons. The number of hydrogen-bond acceptors (Lipinski definition) is 5. The second kappa shape index (κ2) is 9.96. The van der Waals surface area contributed by atoms with E-state index in [1.165, 1.54) is 5.56 Å². The Kier molecular flexibility index (Phi) is 7.89. The topological polar surface area (TPSA) is 87.0 Å². The number of guanidine groups is 1. The van der Waals surface area contributed by atoms with E-state index in [1.54, 1.807) is 11.9 Å². The summed E-state index contributed by atoms with van der Waals surface area (Å²) >= 11 is 0. The molecule has 0 aromatic carbocycles. The van der Waals surface area contributed by atoms with Crippen molar-refractivity contribution in [1.82, 2.24) is 30.2 Å². The highest BCUT2D eigenvalue weighted by Gasteiger charge is 2.25. The van der Waals surface area contributed by atoms with E-state index in [1.807, 2.05) is 39.4 Å². The van der Waals surface area contributed by atoms with Crippen molar-refractivity contribution in [3.63, 3.8) is 0 Å². The van der Waals surface area contributed by atoms with Crippen LogP contribution in [-0.4, -0.2) is 83.6 Å². The first-order valence-corrected chi connectivity index (χ1v) is 10.2. The fraction of sp³-hybridized carbons (Fsp3) is 0.750. The minimum absolute atomic E-state index is 0.221. The summed E-state index contributed by atoms with van der Waals surface area (Å²) in [7, 11) is 3.74. The molecule has 29 heavy (non-hydrogen) atoms. The molecule has 0 unspecified atom stereocenters. The van der Waals surface area contributed by atoms with Gasteiger partial charge in [0.25, 0.3) is 0 Å². The van der Waals surface area contributed by atoms with Crippen LogP contribution in [0, 0.1) is 13.8 Å². The molecule has 1 aromatic heterocycles. The lowest BCUT2D eigenvalue weighted by atomic mass is 10.2. The zero-order valence-electron chi connectivity index (χ0n) is 19.0. The zero-order chi connectivity index (χ0) is 21.6. The first-order chi connectivity index (χ1) is 13.6. The third-order valence-corrected chi connectivity index (χ3v) is 5.06. The monoisotopic (exact) mass is 407 g/mol. The van der Waals surface area contributed by atoms with Gasteiger partial charge < -0.3 is 20.3 Å². The first-order valence-electron chi connectivity index (χ1n) is 10.2. The Balaban J connectivity index is 1.69. The Hall–Kier alpha value is -2.29. The standard InChI is InChI=1S/C20H37N7O2/c1-15-17(16(2)25(7)24-15)14-23-18(21-6)22-8-9-26-10-12-27(13-11-26)19(28)29-20(3,4)5/h8-14H2,1-7H3,(H2,21,22,23). The fourth-order valence-electron chi connectivity index (χ4n) is 3.28. The summed E-state index contributed by atoms with van der Waals surface area (Å²) in [5, 5.41) is 11.2. The Morgan fingerprint density at radius 1 is 1.17 bits per heavy atom. The van der Waals surface area contributed by atoms with Gasteiger partial charge in [-0.1, -0.05) is 0 Å². The number of rotatable bonds is 5. The van der Waals surface area contributed by atoms with Crippen molar-refractivity contribution in [1.29, 1.82) is 0 Å². The SMILES string of the molecule is CN=C(NCCN1CCN(C(=O)OC(C)(C)C)CC1)NCc1c(C)nn(C)c1C. The van der Waals surface area contributed by atoms with E-state index in [-0.39, 0.29) is 6.09 Å². The number of hydrogen-bond donors (Lipinski definition) is 2. The minimum Gasteiger partial charge on any atom is -0.444 e. The summed E-state index contributed by atoms with van der Waals surface area (Å²) in [5.74, 6) is 0.778. The van der Waals surface area contributed by atoms with E-state index in [9.17, 15) is 4.79 Å². The van der Waals surface area contributed by atoms with Crippen LogP contribution in [0.1, 0.15) is 37.7 Å². The van der Waals surface area contributed by atoms with Gasteiger partial charge in [0, 0.05) is 71.2 Å². The average Bonchev–Trinajstić information content (AvgIpc) is 2.89. The van der Waals surface area contributed by atoms with Crippen LogP contribution in [0.4, 0.5) is 4.79 Å². The van der Waals surface area contributed by atoms with E-state index in [4.69, 9.17) is 4.74 Å². The van der Waals surface area contributed by atoms with E-state index in [0.29, 0.717) is 19.6 Å². The molecule has 1 fully saturated rings. The van der Waals surface area contributed by atoms with Gasteiger partial charge in [0.1, 0.15) is 5.60 Å². The van der Waals surface area contributed by atoms with Crippen LogP contribution in [0.2, 0.25) is 0 Å². The minimum atomic E-state index is -0.450. The molecule has 0 atom stereocenters. The van der Waals surface area contributed by atoms with Crippen LogP contribution in [0.5, 0.6) is 0 Å². The second-order valence-electron chi connectivity index (χ2n) is 8.43. The molecule has 0 radical (unpaired) electrons. The number of aryl methyl sites for hydroxylation is 2. The number of aliphatic imine (C=N–C) groups is 1. The number of nitrogens with zero attached hydrogens (tertiary/aromatic N) is 5. The summed E-state index contributed by atoms with van der Waals surface area (Å²) < 4.78 is 7.35. The number of carbonyl (C=O) groups excluding carboxylic acids is 1. The summed E-state index contributed by atoms with van der Waals surface area (Å²) in [5.41, 5.74) is 2.95. The molecule has 0 aliphatic carbocycles. The lowest BCUT2D eigenvalue weighted by Gasteiger charge is -2.35. The van der Waals surface area contributed by atoms with Crippen molar-refractivity contribution in [2.75, 3.05) is 46.3 Å². The quantitative estimate of drug-likeness (QED) is 0.564. The lowest BCUT2D eigenvalue weighted by molar-refractivity contribution is 0.0147. The molecule has 1 aliphatic heterocycles. The average molecular weight is 408 g/mol. The molecule has 2 heterocycles. The molecule has 0 saturated carbocycles. The first kappa shape index (κ1) is 23.0. The number of piperazine rings is 1. The van der Waals surface area contributed by atoms with E-state index in [2.05, 4.69) is 32.5 Å². The van der Waals surface area contributed by atoms with Crippen LogP contribution in [0.25, 0.3) is 0 Å². The molecule has 9 heteroatoms. The van der Waals surface area contributed by atoms with Crippen LogP contribution < -0.4 is 10.6 Å². The van der Waals surface area contributed by atoms with Gasteiger partial charge >= 0.3 is 6.09 Å². The molecule has 9 nitrogen and oxygen atoms in total. The maximum absolute atomic E-state index is 12.1. The zero-order valence-corrected chi connectivity index (χ0v) is 19.0. The molecule has 1 amide bonds. The second-order valence-corrected chi connectivity index (χ2v) is 8.43. The van der Waals surface area contributed by atoms with Gasteiger partial charge in [0.2, 0.25) is 0 Å². The highest BCUT2D eigenvalue weighted by Crippen LogP contribution is 2.12. The van der Waals surface area contributed by atoms with Crippen molar-refractivity contribution in [2.24, 2.45) is 12.0 Å². The molecule has 0 spiro atoms. The van der Waals surface area contributed by atoms with Crippen molar-refractivity contribution in [2.45, 2.75) is 46.8 Å². The van der Waals surface area contributed by atoms with Gasteiger partial charge in [-0.3, -0.25) is 14.6 Å². The molecular formula is C20H37N7O2. The van der Waals surface area contributed by atoms with Crippen LogP contribution in [0.3, 0.4) is 0 Å². The van der Waals surface area contributed by atoms with Crippen molar-refractivity contribution in [3.05, 3.63) is 17.0 Å². The molecule has 2 rings (SSSR count). The normalized spacial score (nSPS) is 16.1. The van der Waals surface area contributed by atoms with Gasteiger partial charge in [0.15, 0.2) is 5.96 Å². The van der Waals surface area contributed by atoms with Crippen LogP contribution >= 0.6 is 0 Å². The summed E-state index contributed by atoms with van der Waals surface area (Å²) in [6.07, 6.45) is -0.221. The Morgan fingerprint density at radius 3 is 2.34 bits per heavy atom. The number of carbonyl (C=O) groups is 1. The van der Waals surface area contributed by atoms with Gasteiger partial charge in [0.05, 0.1) is 5.69 Å². The third kappa shape index (κ3) is 6.92. The molecule has 1 saturated heterocycles. The van der Waals surface area contributed by atoms with Gasteiger partial charge in [-0.15, -0.1) is 0 Å². The fourth-order valence-corrected chi connectivity index (χ4v) is 3.28. The maximum Gasteiger partial charge on any atom is 0.410 e.